The maximum absolute atomic E-state index is 12.1. The van der Waals surface area contributed by atoms with Gasteiger partial charge in [0.2, 0.25) is 11.9 Å². The van der Waals surface area contributed by atoms with Crippen LogP contribution in [0.3, 0.4) is 0 Å². The maximum atomic E-state index is 12.1. The second-order valence-electron chi connectivity index (χ2n) is 6.95. The molecule has 0 atom stereocenters. The van der Waals surface area contributed by atoms with Gasteiger partial charge in [-0.25, -0.2) is 19.9 Å². The van der Waals surface area contributed by atoms with Crippen molar-refractivity contribution in [3.05, 3.63) is 72.3 Å². The Morgan fingerprint density at radius 3 is 1.53 bits per heavy atom. The van der Waals surface area contributed by atoms with Gasteiger partial charge in [0, 0.05) is 38.9 Å². The molecule has 32 heavy (non-hydrogen) atoms. The fraction of sp³-hybridized carbons (Fsp3) is 0.273. The topological polar surface area (TPSA) is 111 Å². The van der Waals surface area contributed by atoms with Crippen LogP contribution < -0.4 is 9.80 Å². The zero-order chi connectivity index (χ0) is 22.8. The van der Waals surface area contributed by atoms with E-state index in [1.54, 1.807) is 60.8 Å². The first-order chi connectivity index (χ1) is 15.5. The van der Waals surface area contributed by atoms with E-state index in [4.69, 9.17) is 9.47 Å². The first-order valence-corrected chi connectivity index (χ1v) is 9.86. The van der Waals surface area contributed by atoms with Gasteiger partial charge in [0.05, 0.1) is 0 Å². The second-order valence-corrected chi connectivity index (χ2v) is 6.95. The van der Waals surface area contributed by atoms with Crippen molar-refractivity contribution in [2.45, 2.75) is 13.2 Å². The Labute approximate surface area is 185 Å². The molecule has 0 unspecified atom stereocenters. The van der Waals surface area contributed by atoms with E-state index in [1.165, 1.54) is 0 Å². The second kappa shape index (κ2) is 11.3. The number of nitrogens with zero attached hydrogens (tertiary/aromatic N) is 6. The van der Waals surface area contributed by atoms with E-state index >= 15 is 0 Å². The summed E-state index contributed by atoms with van der Waals surface area (Å²) in [6.07, 6.45) is 6.43. The molecule has 0 aliphatic heterocycles. The molecular weight excluding hydrogens is 412 g/mol. The summed E-state index contributed by atoms with van der Waals surface area (Å²) in [5.41, 5.74) is 1.58. The van der Waals surface area contributed by atoms with Gasteiger partial charge < -0.3 is 19.3 Å². The van der Waals surface area contributed by atoms with Gasteiger partial charge in [0.15, 0.2) is 0 Å². The van der Waals surface area contributed by atoms with Crippen LogP contribution in [-0.2, 0) is 32.3 Å². The highest BCUT2D eigenvalue weighted by molar-refractivity contribution is 5.75. The van der Waals surface area contributed by atoms with Crippen molar-refractivity contribution in [3.63, 3.8) is 0 Å². The van der Waals surface area contributed by atoms with Crippen LogP contribution in [0.5, 0.6) is 0 Å². The number of aromatic nitrogens is 4. The van der Waals surface area contributed by atoms with E-state index in [-0.39, 0.29) is 26.3 Å². The average molecular weight is 436 g/mol. The molecule has 0 saturated carbocycles. The van der Waals surface area contributed by atoms with Gasteiger partial charge in [-0.1, -0.05) is 18.2 Å². The van der Waals surface area contributed by atoms with Crippen LogP contribution in [0.2, 0.25) is 0 Å². The number of carbonyl (C=O) groups excluding carboxylic acids is 2. The molecule has 0 aliphatic carbocycles. The van der Waals surface area contributed by atoms with Crippen molar-refractivity contribution < 1.29 is 19.1 Å². The molecule has 0 amide bonds. The molecule has 0 bridgehead atoms. The van der Waals surface area contributed by atoms with Gasteiger partial charge in [-0.15, -0.1) is 0 Å². The molecule has 0 radical (unpaired) electrons. The minimum absolute atomic E-state index is 0.0277. The van der Waals surface area contributed by atoms with Crippen molar-refractivity contribution in [2.24, 2.45) is 0 Å². The lowest BCUT2D eigenvalue weighted by molar-refractivity contribution is -0.143. The van der Waals surface area contributed by atoms with Crippen LogP contribution >= 0.6 is 0 Å². The van der Waals surface area contributed by atoms with Crippen LogP contribution in [0.1, 0.15) is 11.1 Å². The lowest BCUT2D eigenvalue weighted by Crippen LogP contribution is -2.28. The number of esters is 2. The first-order valence-electron chi connectivity index (χ1n) is 9.86. The zero-order valence-electron chi connectivity index (χ0n) is 17.9. The molecule has 166 valence electrons. The van der Waals surface area contributed by atoms with Gasteiger partial charge in [-0.3, -0.25) is 9.59 Å². The zero-order valence-corrected chi connectivity index (χ0v) is 17.9. The quantitative estimate of drug-likeness (QED) is 0.435. The predicted octanol–water partition coefficient (Wildman–Crippen LogP) is 1.63. The molecule has 2 aromatic heterocycles. The highest BCUT2D eigenvalue weighted by Gasteiger charge is 2.12. The Bertz CT molecular complexity index is 940. The van der Waals surface area contributed by atoms with Crippen LogP contribution in [0.4, 0.5) is 11.9 Å². The summed E-state index contributed by atoms with van der Waals surface area (Å²) in [7, 11) is 3.43. The minimum Gasteiger partial charge on any atom is -0.459 e. The molecule has 10 nitrogen and oxygen atoms in total. The molecule has 2 heterocycles. The summed E-state index contributed by atoms with van der Waals surface area (Å²) in [4.78, 5) is 43.8. The van der Waals surface area contributed by atoms with Crippen molar-refractivity contribution in [3.8, 4) is 0 Å². The third kappa shape index (κ3) is 7.01. The molecule has 3 rings (SSSR count). The number of benzene rings is 1. The highest BCUT2D eigenvalue weighted by atomic mass is 16.5. The molecule has 0 fully saturated rings. The largest absolute Gasteiger partial charge is 0.459 e. The molecule has 0 N–H and O–H groups in total. The van der Waals surface area contributed by atoms with E-state index in [2.05, 4.69) is 19.9 Å². The summed E-state index contributed by atoms with van der Waals surface area (Å²) in [6.45, 7) is 0.274. The highest BCUT2D eigenvalue weighted by Crippen LogP contribution is 2.10. The van der Waals surface area contributed by atoms with Crippen LogP contribution in [-0.4, -0.2) is 59.1 Å². The van der Waals surface area contributed by atoms with Crippen molar-refractivity contribution in [2.75, 3.05) is 37.0 Å². The number of hydrogen-bond acceptors (Lipinski definition) is 10. The van der Waals surface area contributed by atoms with E-state index in [9.17, 15) is 9.59 Å². The molecule has 10 heteroatoms. The number of hydrogen-bond donors (Lipinski definition) is 0. The van der Waals surface area contributed by atoms with Crippen LogP contribution in [0, 0.1) is 0 Å². The predicted molar refractivity (Wildman–Crippen MR) is 117 cm³/mol. The maximum Gasteiger partial charge on any atom is 0.325 e. The number of ether oxygens (including phenoxy) is 2. The molecular formula is C22H24N6O4. The lowest BCUT2D eigenvalue weighted by atomic mass is 10.1. The molecule has 0 spiro atoms. The summed E-state index contributed by atoms with van der Waals surface area (Å²) in [5, 5.41) is 0. The Balaban J connectivity index is 1.43. The molecule has 0 aliphatic rings. The lowest BCUT2D eigenvalue weighted by Gasteiger charge is -2.16. The molecule has 3 aromatic rings. The van der Waals surface area contributed by atoms with Crippen molar-refractivity contribution >= 4 is 23.8 Å². The van der Waals surface area contributed by atoms with Gasteiger partial charge in [0.25, 0.3) is 0 Å². The van der Waals surface area contributed by atoms with Crippen LogP contribution in [0.25, 0.3) is 0 Å². The van der Waals surface area contributed by atoms with E-state index < -0.39 is 11.9 Å². The summed E-state index contributed by atoms with van der Waals surface area (Å²) < 4.78 is 10.7. The monoisotopic (exact) mass is 436 g/mol. The number of carbonyl (C=O) groups is 2. The van der Waals surface area contributed by atoms with Gasteiger partial charge in [-0.2, -0.15) is 0 Å². The number of likely N-dealkylation sites (N-methyl/N-ethyl adjacent to an activating group) is 2. The third-order valence-corrected chi connectivity index (χ3v) is 4.31. The smallest absolute Gasteiger partial charge is 0.325 e. The number of rotatable bonds is 10. The minimum atomic E-state index is -0.400. The SMILES string of the molecule is CN(CC(=O)OCc1cccc(COC(=O)CN(C)c2ncccn2)c1)c1ncccn1. The Morgan fingerprint density at radius 2 is 1.12 bits per heavy atom. The van der Waals surface area contributed by atoms with E-state index in [1.807, 2.05) is 24.3 Å². The van der Waals surface area contributed by atoms with E-state index in [0.717, 1.165) is 11.1 Å². The Hall–Kier alpha value is -4.08. The van der Waals surface area contributed by atoms with Crippen molar-refractivity contribution in [1.82, 2.24) is 19.9 Å². The fourth-order valence-electron chi connectivity index (χ4n) is 2.73. The van der Waals surface area contributed by atoms with E-state index in [0.29, 0.717) is 11.9 Å². The summed E-state index contributed by atoms with van der Waals surface area (Å²) in [5.74, 6) is 0.0846. The van der Waals surface area contributed by atoms with Gasteiger partial charge in [0.1, 0.15) is 26.3 Å². The summed E-state index contributed by atoms with van der Waals surface area (Å²) in [6, 6.07) is 10.7. The van der Waals surface area contributed by atoms with Crippen molar-refractivity contribution in [1.29, 1.82) is 0 Å². The fourth-order valence-corrected chi connectivity index (χ4v) is 2.73. The Morgan fingerprint density at radius 1 is 0.719 bits per heavy atom. The summed E-state index contributed by atoms with van der Waals surface area (Å²) >= 11 is 0. The van der Waals surface area contributed by atoms with Gasteiger partial charge >= 0.3 is 11.9 Å². The average Bonchev–Trinajstić information content (AvgIpc) is 2.83. The standard InChI is InChI=1S/C22H24N6O4/c1-27(21-23-8-4-9-24-21)13-19(29)31-15-17-6-3-7-18(12-17)16-32-20(30)14-28(2)22-25-10-5-11-26-22/h3-12H,13-16H2,1-2H3. The Kier molecular flexibility index (Phi) is 8.02. The number of anilines is 2. The third-order valence-electron chi connectivity index (χ3n) is 4.31. The molecule has 0 saturated heterocycles. The molecule has 1 aromatic carbocycles. The van der Waals surface area contributed by atoms with Crippen LogP contribution in [0.15, 0.2) is 61.2 Å². The first kappa shape index (κ1) is 22.6. The van der Waals surface area contributed by atoms with Gasteiger partial charge in [-0.05, 0) is 29.3 Å². The normalized spacial score (nSPS) is 10.3.